The molecule has 0 radical (unpaired) electrons. The van der Waals surface area contributed by atoms with Crippen LogP contribution in [0.5, 0.6) is 17.2 Å². The molecule has 0 saturated heterocycles. The summed E-state index contributed by atoms with van der Waals surface area (Å²) in [5.41, 5.74) is 9.27. The average molecular weight is 605 g/mol. The first kappa shape index (κ1) is 29.0. The molecular weight excluding hydrogens is 576 g/mol. The summed E-state index contributed by atoms with van der Waals surface area (Å²) in [6.07, 6.45) is 1.51. The number of hydrogen-bond acceptors (Lipinski definition) is 12. The van der Waals surface area contributed by atoms with Crippen LogP contribution in [0.1, 0.15) is 30.7 Å². The van der Waals surface area contributed by atoms with E-state index in [4.69, 9.17) is 19.9 Å². The van der Waals surface area contributed by atoms with Crippen molar-refractivity contribution in [1.29, 1.82) is 5.26 Å². The van der Waals surface area contributed by atoms with Gasteiger partial charge in [-0.05, 0) is 31.0 Å². The Kier molecular flexibility index (Phi) is 8.65. The van der Waals surface area contributed by atoms with Crippen molar-refractivity contribution in [3.63, 3.8) is 0 Å². The van der Waals surface area contributed by atoms with Crippen molar-refractivity contribution < 1.29 is 23.8 Å². The van der Waals surface area contributed by atoms with E-state index in [1.54, 1.807) is 17.0 Å². The third-order valence-electron chi connectivity index (χ3n) is 6.93. The molecule has 0 bridgehead atoms. The number of Topliss-reactive ketones (excluding diaryl/α,β-unsaturated/α-hetero) is 1. The first-order valence-electron chi connectivity index (χ1n) is 13.0. The predicted octanol–water partition coefficient (Wildman–Crippen LogP) is 4.60. The summed E-state index contributed by atoms with van der Waals surface area (Å²) in [6, 6.07) is 14.8. The van der Waals surface area contributed by atoms with Crippen LogP contribution in [0.3, 0.4) is 0 Å². The fourth-order valence-corrected chi connectivity index (χ4v) is 6.77. The molecule has 3 N–H and O–H groups in total. The number of para-hydroxylation sites is 1. The van der Waals surface area contributed by atoms with Crippen molar-refractivity contribution in [2.45, 2.75) is 29.5 Å². The SMILES string of the molecule is COc1cc(OC)c(C2C(C#N)=C(N)N(c3nnc(SCC(=O)Nc4ccccc4)s3)C3=C2C(=O)CCC3)cc1OC. The second-order valence-corrected chi connectivity index (χ2v) is 11.5. The van der Waals surface area contributed by atoms with Crippen molar-refractivity contribution in [2.24, 2.45) is 5.73 Å². The number of methoxy groups -OCH3 is 3. The number of nitrogens with one attached hydrogen (secondary N) is 1. The largest absolute Gasteiger partial charge is 0.496 e. The first-order chi connectivity index (χ1) is 20.4. The number of carbonyl (C=O) groups is 2. The highest BCUT2D eigenvalue weighted by Crippen LogP contribution is 2.50. The van der Waals surface area contributed by atoms with Gasteiger partial charge < -0.3 is 25.3 Å². The Morgan fingerprint density at radius 3 is 2.52 bits per heavy atom. The van der Waals surface area contributed by atoms with Crippen LogP contribution in [0.25, 0.3) is 0 Å². The molecule has 0 spiro atoms. The minimum absolute atomic E-state index is 0.0833. The number of anilines is 2. The smallest absolute Gasteiger partial charge is 0.234 e. The number of carbonyl (C=O) groups excluding carboxylic acids is 2. The van der Waals surface area contributed by atoms with Gasteiger partial charge in [0.15, 0.2) is 21.6 Å². The molecule has 0 fully saturated rings. The number of ether oxygens (including phenoxy) is 3. The van der Waals surface area contributed by atoms with Crippen LogP contribution in [0.4, 0.5) is 10.8 Å². The van der Waals surface area contributed by atoms with E-state index < -0.39 is 5.92 Å². The number of benzene rings is 2. The van der Waals surface area contributed by atoms with Crippen LogP contribution < -0.4 is 30.2 Å². The highest BCUT2D eigenvalue weighted by molar-refractivity contribution is 8.01. The van der Waals surface area contributed by atoms with Gasteiger partial charge in [-0.3, -0.25) is 14.5 Å². The predicted molar refractivity (Wildman–Crippen MR) is 160 cm³/mol. The minimum Gasteiger partial charge on any atom is -0.496 e. The van der Waals surface area contributed by atoms with Crippen molar-refractivity contribution in [2.75, 3.05) is 37.3 Å². The minimum atomic E-state index is -0.771. The van der Waals surface area contributed by atoms with Gasteiger partial charge in [-0.15, -0.1) is 10.2 Å². The molecule has 42 heavy (non-hydrogen) atoms. The molecule has 1 atom stereocenters. The van der Waals surface area contributed by atoms with Crippen molar-refractivity contribution >= 4 is 45.6 Å². The monoisotopic (exact) mass is 604 g/mol. The summed E-state index contributed by atoms with van der Waals surface area (Å²) in [5, 5.41) is 22.2. The number of ketones is 1. The van der Waals surface area contributed by atoms with E-state index in [2.05, 4.69) is 21.6 Å². The standard InChI is InChI=1S/C29H28N6O5S2/c1-38-21-13-23(40-3)22(39-2)12-17(21)25-18(14-30)27(31)35(19-10-7-11-20(36)26(19)25)28-33-34-29(42-28)41-15-24(37)32-16-8-5-4-6-9-16/h4-6,8-9,12-13,25H,7,10-11,15,31H2,1-3H3,(H,32,37). The van der Waals surface area contributed by atoms with Gasteiger partial charge in [0.05, 0.1) is 44.6 Å². The Bertz CT molecular complexity index is 1630. The third-order valence-corrected chi connectivity index (χ3v) is 8.97. The summed E-state index contributed by atoms with van der Waals surface area (Å²) in [6.45, 7) is 0. The summed E-state index contributed by atoms with van der Waals surface area (Å²) in [7, 11) is 4.54. The summed E-state index contributed by atoms with van der Waals surface area (Å²) < 4.78 is 17.2. The van der Waals surface area contributed by atoms with Crippen molar-refractivity contribution in [3.05, 3.63) is 70.7 Å². The van der Waals surface area contributed by atoms with E-state index in [9.17, 15) is 14.9 Å². The lowest BCUT2D eigenvalue weighted by Crippen LogP contribution is -2.38. The lowest BCUT2D eigenvalue weighted by Gasteiger charge is -2.38. The molecule has 3 aromatic rings. The molecule has 216 valence electrons. The Hall–Kier alpha value is -4.54. The lowest BCUT2D eigenvalue weighted by atomic mass is 9.75. The Morgan fingerprint density at radius 1 is 1.12 bits per heavy atom. The zero-order valence-corrected chi connectivity index (χ0v) is 24.8. The molecule has 1 aromatic heterocycles. The van der Waals surface area contributed by atoms with E-state index in [0.717, 1.165) is 0 Å². The molecule has 0 saturated carbocycles. The van der Waals surface area contributed by atoms with Gasteiger partial charge in [-0.1, -0.05) is 41.3 Å². The Labute approximate surface area is 251 Å². The van der Waals surface area contributed by atoms with Crippen molar-refractivity contribution in [3.8, 4) is 23.3 Å². The normalized spacial score (nSPS) is 16.6. The number of aromatic nitrogens is 2. The molecule has 1 amide bonds. The van der Waals surface area contributed by atoms with Gasteiger partial charge >= 0.3 is 0 Å². The Balaban J connectivity index is 1.50. The van der Waals surface area contributed by atoms with Gasteiger partial charge in [-0.25, -0.2) is 0 Å². The quantitative estimate of drug-likeness (QED) is 0.330. The molecule has 2 aromatic carbocycles. The summed E-state index contributed by atoms with van der Waals surface area (Å²) in [4.78, 5) is 27.6. The highest BCUT2D eigenvalue weighted by atomic mass is 32.2. The zero-order valence-electron chi connectivity index (χ0n) is 23.2. The van der Waals surface area contributed by atoms with E-state index >= 15 is 0 Å². The molecule has 1 aliphatic heterocycles. The maximum Gasteiger partial charge on any atom is 0.234 e. The first-order valence-corrected chi connectivity index (χ1v) is 14.8. The fraction of sp³-hybridized carbons (Fsp3) is 0.276. The summed E-state index contributed by atoms with van der Waals surface area (Å²) >= 11 is 2.47. The van der Waals surface area contributed by atoms with Gasteiger partial charge in [0.1, 0.15) is 11.6 Å². The van der Waals surface area contributed by atoms with Crippen molar-refractivity contribution in [1.82, 2.24) is 10.2 Å². The van der Waals surface area contributed by atoms with Crippen LogP contribution in [-0.2, 0) is 9.59 Å². The number of rotatable bonds is 9. The molecular formula is C29H28N6O5S2. The maximum absolute atomic E-state index is 13.5. The molecule has 2 heterocycles. The topological polar surface area (TPSA) is 153 Å². The van der Waals surface area contributed by atoms with Crippen LogP contribution in [0.2, 0.25) is 0 Å². The fourth-order valence-electron chi connectivity index (χ4n) is 5.09. The zero-order chi connectivity index (χ0) is 29.8. The molecule has 5 rings (SSSR count). The Morgan fingerprint density at radius 2 is 1.83 bits per heavy atom. The number of allylic oxidation sites excluding steroid dienone is 3. The maximum atomic E-state index is 13.5. The number of nitrogens with two attached hydrogens (primary N) is 1. The van der Waals surface area contributed by atoms with E-state index in [-0.39, 0.29) is 28.8 Å². The number of nitrogens with zero attached hydrogens (tertiary/aromatic N) is 4. The van der Waals surface area contributed by atoms with Crippen LogP contribution in [0, 0.1) is 11.3 Å². The van der Waals surface area contributed by atoms with Gasteiger partial charge in [-0.2, -0.15) is 5.26 Å². The lowest BCUT2D eigenvalue weighted by molar-refractivity contribution is -0.116. The van der Waals surface area contributed by atoms with Gasteiger partial charge in [0.2, 0.25) is 11.0 Å². The van der Waals surface area contributed by atoms with Crippen LogP contribution >= 0.6 is 23.1 Å². The highest BCUT2D eigenvalue weighted by Gasteiger charge is 2.42. The number of thioether (sulfide) groups is 1. The van der Waals surface area contributed by atoms with E-state index in [0.29, 0.717) is 68.5 Å². The number of nitriles is 1. The number of hydrogen-bond donors (Lipinski definition) is 2. The second-order valence-electron chi connectivity index (χ2n) is 9.32. The molecule has 2 aliphatic rings. The molecule has 11 nitrogen and oxygen atoms in total. The molecule has 1 unspecified atom stereocenters. The summed E-state index contributed by atoms with van der Waals surface area (Å²) in [5.74, 6) is 0.563. The molecule has 13 heteroatoms. The van der Waals surface area contributed by atoms with Crippen LogP contribution in [0.15, 0.2) is 69.5 Å². The third kappa shape index (κ3) is 5.50. The average Bonchev–Trinajstić information content (AvgIpc) is 3.47. The van der Waals surface area contributed by atoms with E-state index in [1.807, 2.05) is 30.3 Å². The van der Waals surface area contributed by atoms with Gasteiger partial charge in [0, 0.05) is 35.0 Å². The van der Waals surface area contributed by atoms with Crippen LogP contribution in [-0.4, -0.2) is 49.0 Å². The van der Waals surface area contributed by atoms with Gasteiger partial charge in [0.25, 0.3) is 0 Å². The second kappa shape index (κ2) is 12.5. The number of amides is 1. The van der Waals surface area contributed by atoms with E-state index in [1.165, 1.54) is 44.4 Å². The molecule has 1 aliphatic carbocycles.